The van der Waals surface area contributed by atoms with Gasteiger partial charge in [-0.05, 0) is 24.1 Å². The molecule has 1 atom stereocenters. The number of aromatic nitrogens is 1. The van der Waals surface area contributed by atoms with E-state index in [-0.39, 0.29) is 0 Å². The zero-order valence-corrected chi connectivity index (χ0v) is 14.5. The summed E-state index contributed by atoms with van der Waals surface area (Å²) in [7, 11) is 0. The summed E-state index contributed by atoms with van der Waals surface area (Å²) in [5.74, 6) is 5.62. The molecule has 0 radical (unpaired) electrons. The number of esters is 1. The molecule has 130 valence electrons. The second-order valence-electron chi connectivity index (χ2n) is 5.51. The quantitative estimate of drug-likeness (QED) is 0.415. The molecule has 4 nitrogen and oxygen atoms in total. The van der Waals surface area contributed by atoms with Gasteiger partial charge in [0.2, 0.25) is 0 Å². The second kappa shape index (κ2) is 11.0. The molecule has 1 heterocycles. The Morgan fingerprint density at radius 1 is 1.16 bits per heavy atom. The Balaban J connectivity index is 1.75. The van der Waals surface area contributed by atoms with Crippen molar-refractivity contribution < 1.29 is 14.3 Å². The molecule has 2 rings (SSSR count). The van der Waals surface area contributed by atoms with E-state index >= 15 is 0 Å². The van der Waals surface area contributed by atoms with Crippen LogP contribution in [0, 0.1) is 11.8 Å². The smallest absolute Gasteiger partial charge is 0.358 e. The Hall–Kier alpha value is -2.64. The van der Waals surface area contributed by atoms with Gasteiger partial charge in [-0.2, -0.15) is 0 Å². The summed E-state index contributed by atoms with van der Waals surface area (Å²) in [4.78, 5) is 16.0. The van der Waals surface area contributed by atoms with Crippen LogP contribution in [0.25, 0.3) is 0 Å². The van der Waals surface area contributed by atoms with Gasteiger partial charge in [0, 0.05) is 12.6 Å². The summed E-state index contributed by atoms with van der Waals surface area (Å²) < 4.78 is 11.0. The topological polar surface area (TPSA) is 48.4 Å². The van der Waals surface area contributed by atoms with Crippen molar-refractivity contribution >= 4 is 5.97 Å². The van der Waals surface area contributed by atoms with Crippen LogP contribution in [0.2, 0.25) is 0 Å². The number of pyridine rings is 1. The first-order valence-corrected chi connectivity index (χ1v) is 8.51. The third-order valence-corrected chi connectivity index (χ3v) is 3.42. The minimum absolute atomic E-state index is 0.302. The fourth-order valence-electron chi connectivity index (χ4n) is 2.17. The van der Waals surface area contributed by atoms with Gasteiger partial charge in [-0.1, -0.05) is 61.6 Å². The summed E-state index contributed by atoms with van der Waals surface area (Å²) in [6.45, 7) is 3.16. The molecule has 0 aliphatic rings. The maximum absolute atomic E-state index is 12.0. The highest BCUT2D eigenvalue weighted by Crippen LogP contribution is 2.06. The van der Waals surface area contributed by atoms with Crippen LogP contribution in [0.1, 0.15) is 42.2 Å². The third-order valence-electron chi connectivity index (χ3n) is 3.42. The predicted octanol–water partition coefficient (Wildman–Crippen LogP) is 4.02. The van der Waals surface area contributed by atoms with Crippen molar-refractivity contribution in [2.24, 2.45) is 0 Å². The third kappa shape index (κ3) is 7.19. The van der Waals surface area contributed by atoms with Gasteiger partial charge in [0.1, 0.15) is 5.69 Å². The van der Waals surface area contributed by atoms with E-state index in [4.69, 9.17) is 9.47 Å². The molecule has 0 unspecified atom stereocenters. The van der Waals surface area contributed by atoms with E-state index in [1.807, 2.05) is 37.3 Å². The van der Waals surface area contributed by atoms with Gasteiger partial charge < -0.3 is 9.47 Å². The van der Waals surface area contributed by atoms with Gasteiger partial charge in [-0.3, -0.25) is 0 Å². The molecular formula is C21H23NO3. The molecule has 0 N–H and O–H groups in total. The summed E-state index contributed by atoms with van der Waals surface area (Å²) in [6.07, 6.45) is 3.36. The lowest BCUT2D eigenvalue weighted by Crippen LogP contribution is -2.17. The molecule has 4 heteroatoms. The summed E-state index contributed by atoms with van der Waals surface area (Å²) in [5.41, 5.74) is 1.44. The van der Waals surface area contributed by atoms with Gasteiger partial charge in [0.15, 0.2) is 6.10 Å². The van der Waals surface area contributed by atoms with Gasteiger partial charge in [0.25, 0.3) is 0 Å². The first kappa shape index (κ1) is 18.7. The van der Waals surface area contributed by atoms with Crippen molar-refractivity contribution in [3.05, 3.63) is 66.0 Å². The van der Waals surface area contributed by atoms with Gasteiger partial charge in [-0.15, -0.1) is 0 Å². The SMILES string of the molecule is CCC[C@@H](C#CCCOCc1ccccc1)OC(=O)c1ccccn1. The first-order valence-electron chi connectivity index (χ1n) is 8.51. The molecule has 0 saturated heterocycles. The lowest BCUT2D eigenvalue weighted by molar-refractivity contribution is 0.0389. The van der Waals surface area contributed by atoms with Gasteiger partial charge >= 0.3 is 5.97 Å². The highest BCUT2D eigenvalue weighted by Gasteiger charge is 2.13. The Kier molecular flexibility index (Phi) is 8.23. The van der Waals surface area contributed by atoms with E-state index in [2.05, 4.69) is 16.8 Å². The Morgan fingerprint density at radius 3 is 2.68 bits per heavy atom. The molecule has 25 heavy (non-hydrogen) atoms. The van der Waals surface area contributed by atoms with E-state index in [9.17, 15) is 4.79 Å². The van der Waals surface area contributed by atoms with E-state index in [0.29, 0.717) is 31.7 Å². The van der Waals surface area contributed by atoms with Crippen LogP contribution in [0.3, 0.4) is 0 Å². The zero-order chi connectivity index (χ0) is 17.7. The summed E-state index contributed by atoms with van der Waals surface area (Å²) >= 11 is 0. The van der Waals surface area contributed by atoms with Crippen molar-refractivity contribution in [1.82, 2.24) is 4.98 Å². The number of benzene rings is 1. The Labute approximate surface area is 149 Å². The predicted molar refractivity (Wildman–Crippen MR) is 96.8 cm³/mol. The lowest BCUT2D eigenvalue weighted by Gasteiger charge is -2.11. The van der Waals surface area contributed by atoms with Gasteiger partial charge in [0.05, 0.1) is 13.2 Å². The number of carbonyl (C=O) groups excluding carboxylic acids is 1. The first-order chi connectivity index (χ1) is 12.3. The normalized spacial score (nSPS) is 11.2. The molecule has 0 aliphatic carbocycles. The molecule has 0 aliphatic heterocycles. The average molecular weight is 337 g/mol. The molecule has 0 saturated carbocycles. The minimum atomic E-state index is -0.436. The molecule has 1 aromatic carbocycles. The fourth-order valence-corrected chi connectivity index (χ4v) is 2.17. The van der Waals surface area contributed by atoms with Crippen LogP contribution in [-0.4, -0.2) is 23.7 Å². The molecule has 2 aromatic rings. The number of hydrogen-bond acceptors (Lipinski definition) is 4. The zero-order valence-electron chi connectivity index (χ0n) is 14.5. The number of ether oxygens (including phenoxy) is 2. The van der Waals surface area contributed by atoms with E-state index in [1.54, 1.807) is 24.4 Å². The van der Waals surface area contributed by atoms with Crippen LogP contribution in [-0.2, 0) is 16.1 Å². The number of carbonyl (C=O) groups is 1. The largest absolute Gasteiger partial charge is 0.444 e. The monoisotopic (exact) mass is 337 g/mol. The molecule has 0 spiro atoms. The number of hydrogen-bond donors (Lipinski definition) is 0. The molecule has 0 bridgehead atoms. The van der Waals surface area contributed by atoms with Gasteiger partial charge in [-0.25, -0.2) is 9.78 Å². The van der Waals surface area contributed by atoms with Crippen LogP contribution in [0.4, 0.5) is 0 Å². The van der Waals surface area contributed by atoms with E-state index in [1.165, 1.54) is 0 Å². The maximum atomic E-state index is 12.0. The minimum Gasteiger partial charge on any atom is -0.444 e. The van der Waals surface area contributed by atoms with Crippen molar-refractivity contribution in [2.45, 2.75) is 38.9 Å². The maximum Gasteiger partial charge on any atom is 0.358 e. The summed E-state index contributed by atoms with van der Waals surface area (Å²) in [6, 6.07) is 15.2. The van der Waals surface area contributed by atoms with Crippen molar-refractivity contribution in [1.29, 1.82) is 0 Å². The highest BCUT2D eigenvalue weighted by molar-refractivity contribution is 5.87. The molecule has 0 fully saturated rings. The lowest BCUT2D eigenvalue weighted by atomic mass is 10.2. The van der Waals surface area contributed by atoms with E-state index in [0.717, 1.165) is 12.0 Å². The van der Waals surface area contributed by atoms with Crippen molar-refractivity contribution in [3.8, 4) is 11.8 Å². The molecule has 0 amide bonds. The van der Waals surface area contributed by atoms with Crippen LogP contribution in [0.5, 0.6) is 0 Å². The fraction of sp³-hybridized carbons (Fsp3) is 0.333. The molecule has 1 aromatic heterocycles. The van der Waals surface area contributed by atoms with Crippen LogP contribution >= 0.6 is 0 Å². The number of nitrogens with zero attached hydrogens (tertiary/aromatic N) is 1. The summed E-state index contributed by atoms with van der Waals surface area (Å²) in [5, 5.41) is 0. The Morgan fingerprint density at radius 2 is 1.96 bits per heavy atom. The standard InChI is InChI=1S/C21H23NO3/c1-2-10-19(25-21(23)20-14-6-8-15-22-20)13-7-9-16-24-17-18-11-4-3-5-12-18/h3-6,8,11-12,14-15,19H,2,9-10,16-17H2,1H3/t19-/m0/s1. The highest BCUT2D eigenvalue weighted by atomic mass is 16.5. The van der Waals surface area contributed by atoms with Crippen molar-refractivity contribution in [3.63, 3.8) is 0 Å². The average Bonchev–Trinajstić information content (AvgIpc) is 2.66. The van der Waals surface area contributed by atoms with E-state index < -0.39 is 12.1 Å². The van der Waals surface area contributed by atoms with Crippen molar-refractivity contribution in [2.75, 3.05) is 6.61 Å². The second-order valence-corrected chi connectivity index (χ2v) is 5.51. The number of rotatable bonds is 8. The molecular weight excluding hydrogens is 314 g/mol. The van der Waals surface area contributed by atoms with Crippen LogP contribution in [0.15, 0.2) is 54.7 Å². The Bertz CT molecular complexity index is 689. The van der Waals surface area contributed by atoms with Crippen LogP contribution < -0.4 is 0 Å².